The molecule has 0 unspecified atom stereocenters. The van der Waals surface area contributed by atoms with Crippen molar-refractivity contribution in [1.29, 1.82) is 0 Å². The van der Waals surface area contributed by atoms with Crippen LogP contribution < -0.4 is 4.74 Å². The quantitative estimate of drug-likeness (QED) is 0.360. The first kappa shape index (κ1) is 17.7. The standard InChI is InChI=1S/C23H17NO4/c25-23-19(13-17-5-1-3-7-21(17)23)14-18-6-2-4-8-22(18)28-15-16-9-11-20(12-10-16)24(26)27/h1-12,14H,13,15H2/b19-14+. The van der Waals surface area contributed by atoms with Crippen molar-refractivity contribution in [1.82, 2.24) is 0 Å². The van der Waals surface area contributed by atoms with E-state index < -0.39 is 4.92 Å². The third kappa shape index (κ3) is 3.55. The highest BCUT2D eigenvalue weighted by Crippen LogP contribution is 2.30. The van der Waals surface area contributed by atoms with Crippen molar-refractivity contribution in [3.63, 3.8) is 0 Å². The zero-order chi connectivity index (χ0) is 19.5. The van der Waals surface area contributed by atoms with Crippen LogP contribution in [0.2, 0.25) is 0 Å². The van der Waals surface area contributed by atoms with E-state index in [1.165, 1.54) is 12.1 Å². The summed E-state index contributed by atoms with van der Waals surface area (Å²) in [4.78, 5) is 22.9. The summed E-state index contributed by atoms with van der Waals surface area (Å²) in [6.45, 7) is 0.284. The number of nitro groups is 1. The highest BCUT2D eigenvalue weighted by molar-refractivity contribution is 6.15. The summed E-state index contributed by atoms with van der Waals surface area (Å²) in [5.74, 6) is 0.720. The van der Waals surface area contributed by atoms with E-state index in [0.29, 0.717) is 12.2 Å². The highest BCUT2D eigenvalue weighted by Gasteiger charge is 2.24. The van der Waals surface area contributed by atoms with Crippen LogP contribution in [0.3, 0.4) is 0 Å². The number of nitrogens with zero attached hydrogens (tertiary/aromatic N) is 1. The fraction of sp³-hybridized carbons (Fsp3) is 0.0870. The Kier molecular flexibility index (Phi) is 4.72. The third-order valence-electron chi connectivity index (χ3n) is 4.72. The molecule has 5 heteroatoms. The van der Waals surface area contributed by atoms with E-state index in [1.54, 1.807) is 12.1 Å². The third-order valence-corrected chi connectivity index (χ3v) is 4.72. The zero-order valence-corrected chi connectivity index (χ0v) is 15.0. The van der Waals surface area contributed by atoms with E-state index in [1.807, 2.05) is 54.6 Å². The van der Waals surface area contributed by atoms with Gasteiger partial charge in [-0.1, -0.05) is 42.5 Å². The Morgan fingerprint density at radius 1 is 0.964 bits per heavy atom. The Hall–Kier alpha value is -3.73. The van der Waals surface area contributed by atoms with E-state index >= 15 is 0 Å². The van der Waals surface area contributed by atoms with Crippen molar-refractivity contribution in [3.8, 4) is 5.75 Å². The molecule has 0 atom stereocenters. The van der Waals surface area contributed by atoms with Gasteiger partial charge in [0, 0.05) is 35.3 Å². The predicted molar refractivity (Wildman–Crippen MR) is 106 cm³/mol. The molecule has 0 radical (unpaired) electrons. The van der Waals surface area contributed by atoms with Crippen molar-refractivity contribution in [2.24, 2.45) is 0 Å². The lowest BCUT2D eigenvalue weighted by Crippen LogP contribution is -1.99. The number of rotatable bonds is 5. The molecule has 4 rings (SSSR count). The SMILES string of the molecule is O=C1/C(=C/c2ccccc2OCc2ccc([N+](=O)[O-])cc2)Cc2ccccc21. The van der Waals surface area contributed by atoms with Gasteiger partial charge in [0.15, 0.2) is 5.78 Å². The molecule has 0 saturated heterocycles. The maximum Gasteiger partial charge on any atom is 0.269 e. The smallest absolute Gasteiger partial charge is 0.269 e. The summed E-state index contributed by atoms with van der Waals surface area (Å²) in [7, 11) is 0. The van der Waals surface area contributed by atoms with Gasteiger partial charge in [0.2, 0.25) is 0 Å². The second-order valence-corrected chi connectivity index (χ2v) is 6.58. The van der Waals surface area contributed by atoms with Crippen LogP contribution in [0.1, 0.15) is 27.0 Å². The summed E-state index contributed by atoms with van der Waals surface area (Å²) in [6, 6.07) is 21.5. The van der Waals surface area contributed by atoms with Gasteiger partial charge < -0.3 is 4.74 Å². The number of carbonyl (C=O) groups is 1. The van der Waals surface area contributed by atoms with Crippen LogP contribution in [0.15, 0.2) is 78.4 Å². The van der Waals surface area contributed by atoms with Gasteiger partial charge in [0.25, 0.3) is 5.69 Å². The lowest BCUT2D eigenvalue weighted by molar-refractivity contribution is -0.384. The van der Waals surface area contributed by atoms with Crippen LogP contribution >= 0.6 is 0 Å². The Morgan fingerprint density at radius 3 is 2.43 bits per heavy atom. The number of ketones is 1. The average molecular weight is 371 g/mol. The van der Waals surface area contributed by atoms with E-state index in [0.717, 1.165) is 27.8 Å². The number of non-ortho nitro benzene ring substituents is 1. The van der Waals surface area contributed by atoms with Crippen LogP contribution in [0.4, 0.5) is 5.69 Å². The monoisotopic (exact) mass is 371 g/mol. The number of fused-ring (bicyclic) bond motifs is 1. The highest BCUT2D eigenvalue weighted by atomic mass is 16.6. The average Bonchev–Trinajstić information content (AvgIpc) is 3.03. The molecule has 138 valence electrons. The number of nitro benzene ring substituents is 1. The van der Waals surface area contributed by atoms with Crippen LogP contribution in [-0.2, 0) is 13.0 Å². The van der Waals surface area contributed by atoms with Gasteiger partial charge in [-0.3, -0.25) is 14.9 Å². The molecule has 0 aliphatic heterocycles. The molecular formula is C23H17NO4. The maximum absolute atomic E-state index is 12.6. The first-order valence-electron chi connectivity index (χ1n) is 8.90. The van der Waals surface area contributed by atoms with Gasteiger partial charge in [-0.15, -0.1) is 0 Å². The molecule has 0 heterocycles. The van der Waals surface area contributed by atoms with Crippen molar-refractivity contribution >= 4 is 17.5 Å². The van der Waals surface area contributed by atoms with Crippen molar-refractivity contribution < 1.29 is 14.5 Å². The lowest BCUT2D eigenvalue weighted by Gasteiger charge is -2.10. The summed E-state index contributed by atoms with van der Waals surface area (Å²) < 4.78 is 5.92. The molecule has 0 saturated carbocycles. The fourth-order valence-electron chi connectivity index (χ4n) is 3.26. The number of para-hydroxylation sites is 1. The van der Waals surface area contributed by atoms with Crippen molar-refractivity contribution in [2.45, 2.75) is 13.0 Å². The van der Waals surface area contributed by atoms with Gasteiger partial charge in [-0.25, -0.2) is 0 Å². The summed E-state index contributed by atoms with van der Waals surface area (Å²) >= 11 is 0. The van der Waals surface area contributed by atoms with E-state index in [9.17, 15) is 14.9 Å². The second kappa shape index (κ2) is 7.48. The van der Waals surface area contributed by atoms with Crippen LogP contribution in [-0.4, -0.2) is 10.7 Å². The number of Topliss-reactive ketones (excluding diaryl/α,β-unsaturated/α-hetero) is 1. The second-order valence-electron chi connectivity index (χ2n) is 6.58. The lowest BCUT2D eigenvalue weighted by atomic mass is 10.1. The topological polar surface area (TPSA) is 69.4 Å². The number of hydrogen-bond acceptors (Lipinski definition) is 4. The molecule has 0 N–H and O–H groups in total. The van der Waals surface area contributed by atoms with Crippen LogP contribution in [0, 0.1) is 10.1 Å². The molecule has 1 aliphatic rings. The van der Waals surface area contributed by atoms with E-state index in [-0.39, 0.29) is 18.1 Å². The van der Waals surface area contributed by atoms with Crippen LogP contribution in [0.25, 0.3) is 6.08 Å². The molecule has 1 aliphatic carbocycles. The van der Waals surface area contributed by atoms with Gasteiger partial charge in [-0.05, 0) is 35.4 Å². The fourth-order valence-corrected chi connectivity index (χ4v) is 3.26. The summed E-state index contributed by atoms with van der Waals surface area (Å²) in [5.41, 5.74) is 4.26. The van der Waals surface area contributed by atoms with Gasteiger partial charge in [-0.2, -0.15) is 0 Å². The van der Waals surface area contributed by atoms with Crippen LogP contribution in [0.5, 0.6) is 5.75 Å². The first-order valence-corrected chi connectivity index (χ1v) is 8.90. The Bertz CT molecular complexity index is 1080. The number of ether oxygens (including phenoxy) is 1. The van der Waals surface area contributed by atoms with Gasteiger partial charge >= 0.3 is 0 Å². The molecular weight excluding hydrogens is 354 g/mol. The minimum atomic E-state index is -0.428. The van der Waals surface area contributed by atoms with E-state index in [4.69, 9.17) is 4.74 Å². The molecule has 0 aromatic heterocycles. The minimum absolute atomic E-state index is 0.0493. The number of benzene rings is 3. The van der Waals surface area contributed by atoms with Crippen molar-refractivity contribution in [3.05, 3.63) is 111 Å². The Labute approximate surface area is 162 Å². The molecule has 0 spiro atoms. The maximum atomic E-state index is 12.6. The molecule has 3 aromatic carbocycles. The minimum Gasteiger partial charge on any atom is -0.488 e. The molecule has 5 nitrogen and oxygen atoms in total. The molecule has 0 fully saturated rings. The summed E-state index contributed by atoms with van der Waals surface area (Å²) in [5, 5.41) is 10.7. The normalized spacial score (nSPS) is 14.1. The molecule has 28 heavy (non-hydrogen) atoms. The Morgan fingerprint density at radius 2 is 1.68 bits per heavy atom. The molecule has 0 bridgehead atoms. The van der Waals surface area contributed by atoms with Gasteiger partial charge in [0.05, 0.1) is 4.92 Å². The van der Waals surface area contributed by atoms with Crippen molar-refractivity contribution in [2.75, 3.05) is 0 Å². The number of allylic oxidation sites excluding steroid dienone is 1. The molecule has 0 amide bonds. The number of hydrogen-bond donors (Lipinski definition) is 0. The first-order chi connectivity index (χ1) is 13.6. The predicted octanol–water partition coefficient (Wildman–Crippen LogP) is 5.00. The van der Waals surface area contributed by atoms with Gasteiger partial charge in [0.1, 0.15) is 12.4 Å². The zero-order valence-electron chi connectivity index (χ0n) is 15.0. The largest absolute Gasteiger partial charge is 0.488 e. The number of carbonyl (C=O) groups excluding carboxylic acids is 1. The summed E-state index contributed by atoms with van der Waals surface area (Å²) in [6.07, 6.45) is 2.50. The molecule has 3 aromatic rings. The van der Waals surface area contributed by atoms with E-state index in [2.05, 4.69) is 0 Å². The Balaban J connectivity index is 1.53.